The van der Waals surface area contributed by atoms with Crippen molar-refractivity contribution >= 4 is 6.29 Å². The lowest BCUT2D eigenvalue weighted by atomic mass is 9.97. The SMILES string of the molecule is CC(CO)c1ccc(F)cc1C=O. The molecular weight excluding hydrogens is 171 g/mol. The van der Waals surface area contributed by atoms with E-state index in [0.29, 0.717) is 17.4 Å². The Morgan fingerprint density at radius 2 is 2.31 bits per heavy atom. The average Bonchev–Trinajstić information content (AvgIpc) is 2.16. The van der Waals surface area contributed by atoms with Crippen LogP contribution in [0.4, 0.5) is 4.39 Å². The van der Waals surface area contributed by atoms with Gasteiger partial charge in [-0.25, -0.2) is 4.39 Å². The Morgan fingerprint density at radius 1 is 1.62 bits per heavy atom. The summed E-state index contributed by atoms with van der Waals surface area (Å²) in [6.45, 7) is 1.73. The van der Waals surface area contributed by atoms with Gasteiger partial charge < -0.3 is 5.11 Å². The van der Waals surface area contributed by atoms with Crippen LogP contribution in [0.3, 0.4) is 0 Å². The molecule has 70 valence electrons. The number of hydrogen-bond donors (Lipinski definition) is 1. The number of carbonyl (C=O) groups is 1. The van der Waals surface area contributed by atoms with Gasteiger partial charge in [0.2, 0.25) is 0 Å². The van der Waals surface area contributed by atoms with E-state index in [1.165, 1.54) is 18.2 Å². The van der Waals surface area contributed by atoms with Gasteiger partial charge in [0.05, 0.1) is 0 Å². The molecular formula is C10H11FO2. The molecule has 0 radical (unpaired) electrons. The Bertz CT molecular complexity index is 310. The molecule has 0 spiro atoms. The average molecular weight is 182 g/mol. The Morgan fingerprint density at radius 3 is 2.85 bits per heavy atom. The molecule has 13 heavy (non-hydrogen) atoms. The van der Waals surface area contributed by atoms with Gasteiger partial charge >= 0.3 is 0 Å². The predicted octanol–water partition coefficient (Wildman–Crippen LogP) is 1.73. The van der Waals surface area contributed by atoms with E-state index in [-0.39, 0.29) is 12.5 Å². The van der Waals surface area contributed by atoms with E-state index in [9.17, 15) is 9.18 Å². The van der Waals surface area contributed by atoms with Crippen molar-refractivity contribution in [1.29, 1.82) is 0 Å². The molecule has 0 saturated heterocycles. The highest BCUT2D eigenvalue weighted by Gasteiger charge is 2.09. The number of aldehydes is 1. The van der Waals surface area contributed by atoms with E-state index < -0.39 is 5.82 Å². The van der Waals surface area contributed by atoms with E-state index in [4.69, 9.17) is 5.11 Å². The van der Waals surface area contributed by atoms with Gasteiger partial charge in [0.15, 0.2) is 0 Å². The second-order valence-corrected chi connectivity index (χ2v) is 2.97. The van der Waals surface area contributed by atoms with Crippen LogP contribution in [0.25, 0.3) is 0 Å². The minimum Gasteiger partial charge on any atom is -0.396 e. The number of halogens is 1. The van der Waals surface area contributed by atoms with E-state index in [0.717, 1.165) is 0 Å². The highest BCUT2D eigenvalue weighted by molar-refractivity contribution is 5.77. The van der Waals surface area contributed by atoms with Crippen molar-refractivity contribution in [2.24, 2.45) is 0 Å². The fourth-order valence-electron chi connectivity index (χ4n) is 1.19. The number of hydrogen-bond acceptors (Lipinski definition) is 2. The third-order valence-electron chi connectivity index (χ3n) is 1.98. The van der Waals surface area contributed by atoms with Crippen molar-refractivity contribution in [2.75, 3.05) is 6.61 Å². The largest absolute Gasteiger partial charge is 0.396 e. The molecule has 1 atom stereocenters. The number of aliphatic hydroxyl groups is 1. The lowest BCUT2D eigenvalue weighted by Gasteiger charge is -2.10. The Kier molecular flexibility index (Phi) is 3.14. The molecule has 1 aromatic rings. The van der Waals surface area contributed by atoms with Crippen LogP contribution < -0.4 is 0 Å². The quantitative estimate of drug-likeness (QED) is 0.723. The molecule has 0 heterocycles. The Hall–Kier alpha value is -1.22. The lowest BCUT2D eigenvalue weighted by Crippen LogP contribution is -2.03. The first kappa shape index (κ1) is 9.86. The number of benzene rings is 1. The molecule has 1 aromatic carbocycles. The molecule has 0 aliphatic heterocycles. The highest BCUT2D eigenvalue weighted by Crippen LogP contribution is 2.18. The van der Waals surface area contributed by atoms with Gasteiger partial charge in [-0.3, -0.25) is 4.79 Å². The minimum atomic E-state index is -0.434. The predicted molar refractivity (Wildman–Crippen MR) is 47.3 cm³/mol. The van der Waals surface area contributed by atoms with Crippen molar-refractivity contribution in [2.45, 2.75) is 12.8 Å². The molecule has 0 aromatic heterocycles. The summed E-state index contributed by atoms with van der Waals surface area (Å²) < 4.78 is 12.7. The van der Waals surface area contributed by atoms with Gasteiger partial charge in [0.1, 0.15) is 12.1 Å². The monoisotopic (exact) mass is 182 g/mol. The van der Waals surface area contributed by atoms with Crippen LogP contribution in [0.5, 0.6) is 0 Å². The lowest BCUT2D eigenvalue weighted by molar-refractivity contribution is 0.112. The molecule has 0 aliphatic rings. The third-order valence-corrected chi connectivity index (χ3v) is 1.98. The smallest absolute Gasteiger partial charge is 0.150 e. The van der Waals surface area contributed by atoms with Gasteiger partial charge in [-0.1, -0.05) is 13.0 Å². The van der Waals surface area contributed by atoms with Crippen molar-refractivity contribution < 1.29 is 14.3 Å². The van der Waals surface area contributed by atoms with Crippen molar-refractivity contribution in [3.63, 3.8) is 0 Å². The van der Waals surface area contributed by atoms with E-state index in [1.54, 1.807) is 6.92 Å². The first-order chi connectivity index (χ1) is 6.19. The fraction of sp³-hybridized carbons (Fsp3) is 0.300. The number of aliphatic hydroxyl groups excluding tert-OH is 1. The second kappa shape index (κ2) is 4.14. The summed E-state index contributed by atoms with van der Waals surface area (Å²) in [5, 5.41) is 8.87. The van der Waals surface area contributed by atoms with Gasteiger partial charge in [-0.2, -0.15) is 0 Å². The Labute approximate surface area is 76.0 Å². The van der Waals surface area contributed by atoms with Gasteiger partial charge in [0, 0.05) is 18.1 Å². The van der Waals surface area contributed by atoms with Gasteiger partial charge in [-0.05, 0) is 17.7 Å². The van der Waals surface area contributed by atoms with Crippen LogP contribution in [0.15, 0.2) is 18.2 Å². The van der Waals surface area contributed by atoms with E-state index in [1.807, 2.05) is 0 Å². The second-order valence-electron chi connectivity index (χ2n) is 2.97. The summed E-state index contributed by atoms with van der Waals surface area (Å²) in [6.07, 6.45) is 0.602. The first-order valence-electron chi connectivity index (χ1n) is 4.04. The van der Waals surface area contributed by atoms with Crippen LogP contribution >= 0.6 is 0 Å². The molecule has 0 bridgehead atoms. The standard InChI is InChI=1S/C10H11FO2/c1-7(5-12)10-3-2-9(11)4-8(10)6-13/h2-4,6-7,12H,5H2,1H3. The zero-order chi connectivity index (χ0) is 9.84. The maximum atomic E-state index is 12.7. The topological polar surface area (TPSA) is 37.3 Å². The van der Waals surface area contributed by atoms with E-state index in [2.05, 4.69) is 0 Å². The minimum absolute atomic E-state index is 0.0491. The van der Waals surface area contributed by atoms with Crippen LogP contribution in [0.2, 0.25) is 0 Å². The molecule has 0 saturated carbocycles. The first-order valence-corrected chi connectivity index (χ1v) is 4.04. The van der Waals surface area contributed by atoms with Crippen molar-refractivity contribution in [3.8, 4) is 0 Å². The molecule has 3 heteroatoms. The van der Waals surface area contributed by atoms with Gasteiger partial charge in [-0.15, -0.1) is 0 Å². The summed E-state index contributed by atoms with van der Waals surface area (Å²) in [5.41, 5.74) is 0.987. The normalized spacial score (nSPS) is 12.5. The highest BCUT2D eigenvalue weighted by atomic mass is 19.1. The van der Waals surface area contributed by atoms with E-state index >= 15 is 0 Å². The zero-order valence-corrected chi connectivity index (χ0v) is 7.33. The van der Waals surface area contributed by atoms with Crippen LogP contribution in [-0.4, -0.2) is 18.0 Å². The van der Waals surface area contributed by atoms with Crippen molar-refractivity contribution in [3.05, 3.63) is 35.1 Å². The summed E-state index contributed by atoms with van der Waals surface area (Å²) in [5.74, 6) is -0.572. The fourth-order valence-corrected chi connectivity index (χ4v) is 1.19. The Balaban J connectivity index is 3.13. The molecule has 0 aliphatic carbocycles. The summed E-state index contributed by atoms with van der Waals surface area (Å²) >= 11 is 0. The van der Waals surface area contributed by atoms with Crippen LogP contribution in [0, 0.1) is 5.82 Å². The summed E-state index contributed by atoms with van der Waals surface area (Å²) in [7, 11) is 0. The number of rotatable bonds is 3. The molecule has 1 rings (SSSR count). The number of carbonyl (C=O) groups excluding carboxylic acids is 1. The third kappa shape index (κ3) is 2.12. The molecule has 0 fully saturated rings. The maximum Gasteiger partial charge on any atom is 0.150 e. The van der Waals surface area contributed by atoms with Crippen molar-refractivity contribution in [1.82, 2.24) is 0 Å². The zero-order valence-electron chi connectivity index (χ0n) is 7.33. The van der Waals surface area contributed by atoms with Gasteiger partial charge in [0.25, 0.3) is 0 Å². The molecule has 1 unspecified atom stereocenters. The molecule has 0 amide bonds. The summed E-state index contributed by atoms with van der Waals surface area (Å²) in [4.78, 5) is 10.6. The maximum absolute atomic E-state index is 12.7. The van der Waals surface area contributed by atoms with Crippen LogP contribution in [-0.2, 0) is 0 Å². The summed E-state index contributed by atoms with van der Waals surface area (Å²) in [6, 6.07) is 3.99. The van der Waals surface area contributed by atoms with Crippen LogP contribution in [0.1, 0.15) is 28.8 Å². The molecule has 2 nitrogen and oxygen atoms in total. The molecule has 1 N–H and O–H groups in total.